The molecule has 7 heteroatoms. The second kappa shape index (κ2) is 9.06. The molecule has 1 rings (SSSR count). The van der Waals surface area contributed by atoms with Crippen LogP contribution in [0.5, 0.6) is 5.75 Å². The van der Waals surface area contributed by atoms with Crippen molar-refractivity contribution in [1.82, 2.24) is 0 Å². The van der Waals surface area contributed by atoms with Gasteiger partial charge in [-0.15, -0.1) is 0 Å². The molecule has 0 atom stereocenters. The van der Waals surface area contributed by atoms with Gasteiger partial charge in [-0.1, -0.05) is 6.07 Å². The fourth-order valence-electron chi connectivity index (χ4n) is 1.98. The van der Waals surface area contributed by atoms with E-state index in [4.69, 9.17) is 18.9 Å². The highest BCUT2D eigenvalue weighted by Gasteiger charge is 2.28. The van der Waals surface area contributed by atoms with E-state index in [1.807, 2.05) is 13.8 Å². The van der Waals surface area contributed by atoms with Crippen LogP contribution in [0.4, 0.5) is 4.79 Å². The molecule has 0 N–H and O–H groups in total. The standard InChI is InChI=1S/C20H29BrO6/c1-12(2)24-11-13-9-10-14(21)16(25-18(23)27-20(6,7)8)15(13)17(22)26-19(3,4)5/h9-10,12H,11H2,1-8H3. The predicted molar refractivity (Wildman–Crippen MR) is 106 cm³/mol. The van der Waals surface area contributed by atoms with Gasteiger partial charge in [-0.05, 0) is 82.9 Å². The van der Waals surface area contributed by atoms with Gasteiger partial charge in [-0.3, -0.25) is 0 Å². The van der Waals surface area contributed by atoms with Crippen LogP contribution in [0.15, 0.2) is 16.6 Å². The second-order valence-corrected chi connectivity index (χ2v) is 9.19. The van der Waals surface area contributed by atoms with Crippen LogP contribution in [0.25, 0.3) is 0 Å². The van der Waals surface area contributed by atoms with Gasteiger partial charge in [0.25, 0.3) is 0 Å². The molecule has 0 aliphatic heterocycles. The SMILES string of the molecule is CC(C)OCc1ccc(Br)c(OC(=O)OC(C)(C)C)c1C(=O)OC(C)(C)C. The second-order valence-electron chi connectivity index (χ2n) is 8.34. The summed E-state index contributed by atoms with van der Waals surface area (Å²) in [6.45, 7) is 14.4. The first kappa shape index (κ1) is 23.4. The van der Waals surface area contributed by atoms with E-state index in [2.05, 4.69) is 15.9 Å². The van der Waals surface area contributed by atoms with Crippen molar-refractivity contribution in [3.8, 4) is 5.75 Å². The number of hydrogen-bond donors (Lipinski definition) is 0. The van der Waals surface area contributed by atoms with Crippen molar-refractivity contribution >= 4 is 28.1 Å². The van der Waals surface area contributed by atoms with E-state index >= 15 is 0 Å². The van der Waals surface area contributed by atoms with E-state index in [9.17, 15) is 9.59 Å². The molecule has 0 radical (unpaired) electrons. The number of carbonyl (C=O) groups excluding carboxylic acids is 2. The molecule has 152 valence electrons. The molecule has 0 aliphatic rings. The molecule has 0 unspecified atom stereocenters. The molecule has 0 amide bonds. The first-order valence-corrected chi connectivity index (χ1v) is 9.56. The topological polar surface area (TPSA) is 71.1 Å². The van der Waals surface area contributed by atoms with E-state index in [1.165, 1.54) is 0 Å². The maximum absolute atomic E-state index is 12.8. The van der Waals surface area contributed by atoms with Gasteiger partial charge in [0, 0.05) is 0 Å². The molecule has 1 aromatic rings. The molecule has 0 fully saturated rings. The van der Waals surface area contributed by atoms with Gasteiger partial charge >= 0.3 is 12.1 Å². The molecule has 0 saturated carbocycles. The molecule has 6 nitrogen and oxygen atoms in total. The van der Waals surface area contributed by atoms with Gasteiger partial charge in [-0.2, -0.15) is 0 Å². The molecule has 0 heterocycles. The number of esters is 1. The smallest absolute Gasteiger partial charge is 0.456 e. The predicted octanol–water partition coefficient (Wildman–Crippen LogP) is 5.64. The highest BCUT2D eigenvalue weighted by atomic mass is 79.9. The third-order valence-corrected chi connectivity index (χ3v) is 3.57. The van der Waals surface area contributed by atoms with Crippen LogP contribution in [0.1, 0.15) is 71.3 Å². The number of carbonyl (C=O) groups is 2. The molecular formula is C20H29BrO6. The van der Waals surface area contributed by atoms with Crippen LogP contribution in [-0.2, 0) is 20.8 Å². The van der Waals surface area contributed by atoms with E-state index in [-0.39, 0.29) is 24.0 Å². The highest BCUT2D eigenvalue weighted by Crippen LogP contribution is 2.34. The first-order chi connectivity index (χ1) is 12.2. The number of hydrogen-bond acceptors (Lipinski definition) is 6. The van der Waals surface area contributed by atoms with Crippen molar-refractivity contribution in [2.75, 3.05) is 0 Å². The van der Waals surface area contributed by atoms with Gasteiger partial charge < -0.3 is 18.9 Å². The van der Waals surface area contributed by atoms with Crippen LogP contribution < -0.4 is 4.74 Å². The lowest BCUT2D eigenvalue weighted by Crippen LogP contribution is -2.28. The summed E-state index contributed by atoms with van der Waals surface area (Å²) < 4.78 is 22.1. The molecule has 0 aromatic heterocycles. The third kappa shape index (κ3) is 8.30. The van der Waals surface area contributed by atoms with Crippen molar-refractivity contribution in [3.05, 3.63) is 27.7 Å². The molecular weight excluding hydrogens is 416 g/mol. The van der Waals surface area contributed by atoms with Gasteiger partial charge in [0.15, 0.2) is 5.75 Å². The summed E-state index contributed by atoms with van der Waals surface area (Å²) in [5.41, 5.74) is -0.752. The largest absolute Gasteiger partial charge is 0.514 e. The zero-order valence-corrected chi connectivity index (χ0v) is 18.9. The van der Waals surface area contributed by atoms with E-state index in [0.717, 1.165) is 0 Å². The molecule has 0 aliphatic carbocycles. The van der Waals surface area contributed by atoms with Gasteiger partial charge in [0.1, 0.15) is 16.8 Å². The molecule has 1 aromatic carbocycles. The summed E-state index contributed by atoms with van der Waals surface area (Å²) in [6, 6.07) is 3.42. The van der Waals surface area contributed by atoms with E-state index < -0.39 is 23.3 Å². The molecule has 0 spiro atoms. The number of halogens is 1. The van der Waals surface area contributed by atoms with E-state index in [0.29, 0.717) is 10.0 Å². The van der Waals surface area contributed by atoms with Crippen LogP contribution >= 0.6 is 15.9 Å². The maximum atomic E-state index is 12.8. The Bertz CT molecular complexity index is 683. The van der Waals surface area contributed by atoms with Crippen molar-refractivity contribution in [2.24, 2.45) is 0 Å². The Hall–Kier alpha value is -1.60. The third-order valence-electron chi connectivity index (χ3n) is 2.95. The normalized spacial score (nSPS) is 12.1. The Kier molecular flexibility index (Phi) is 7.87. The molecule has 27 heavy (non-hydrogen) atoms. The number of ether oxygens (including phenoxy) is 4. The fourth-order valence-corrected chi connectivity index (χ4v) is 2.39. The van der Waals surface area contributed by atoms with Crippen LogP contribution in [-0.4, -0.2) is 29.4 Å². The zero-order valence-electron chi connectivity index (χ0n) is 17.3. The number of rotatable bonds is 5. The Morgan fingerprint density at radius 3 is 2.04 bits per heavy atom. The maximum Gasteiger partial charge on any atom is 0.514 e. The Labute approximate surface area is 169 Å². The average Bonchev–Trinajstić information content (AvgIpc) is 2.43. The lowest BCUT2D eigenvalue weighted by molar-refractivity contribution is 0.00510. The Morgan fingerprint density at radius 2 is 1.56 bits per heavy atom. The summed E-state index contributed by atoms with van der Waals surface area (Å²) in [4.78, 5) is 25.0. The monoisotopic (exact) mass is 444 g/mol. The lowest BCUT2D eigenvalue weighted by atomic mass is 10.1. The van der Waals surface area contributed by atoms with Crippen molar-refractivity contribution < 1.29 is 28.5 Å². The summed E-state index contributed by atoms with van der Waals surface area (Å²) in [6.07, 6.45) is -0.940. The van der Waals surface area contributed by atoms with Crippen molar-refractivity contribution in [1.29, 1.82) is 0 Å². The minimum absolute atomic E-state index is 0.0321. The Balaban J connectivity index is 3.34. The van der Waals surface area contributed by atoms with Crippen LogP contribution in [0.3, 0.4) is 0 Å². The summed E-state index contributed by atoms with van der Waals surface area (Å²) in [7, 11) is 0. The van der Waals surface area contributed by atoms with Crippen molar-refractivity contribution in [2.45, 2.75) is 79.3 Å². The molecule has 0 saturated heterocycles. The van der Waals surface area contributed by atoms with E-state index in [1.54, 1.807) is 53.7 Å². The van der Waals surface area contributed by atoms with Gasteiger partial charge in [0.05, 0.1) is 17.2 Å². The van der Waals surface area contributed by atoms with Crippen molar-refractivity contribution in [3.63, 3.8) is 0 Å². The zero-order chi connectivity index (χ0) is 21.0. The summed E-state index contributed by atoms with van der Waals surface area (Å²) in [5.74, 6) is -0.562. The minimum Gasteiger partial charge on any atom is -0.456 e. The minimum atomic E-state index is -0.907. The quantitative estimate of drug-likeness (QED) is 0.431. The first-order valence-electron chi connectivity index (χ1n) is 8.77. The van der Waals surface area contributed by atoms with Crippen LogP contribution in [0, 0.1) is 0 Å². The molecule has 0 bridgehead atoms. The van der Waals surface area contributed by atoms with Gasteiger partial charge in [0.2, 0.25) is 0 Å². The average molecular weight is 445 g/mol. The number of benzene rings is 1. The fraction of sp³-hybridized carbons (Fsp3) is 0.600. The summed E-state index contributed by atoms with van der Waals surface area (Å²) in [5, 5.41) is 0. The van der Waals surface area contributed by atoms with Gasteiger partial charge in [-0.25, -0.2) is 9.59 Å². The lowest BCUT2D eigenvalue weighted by Gasteiger charge is -2.23. The highest BCUT2D eigenvalue weighted by molar-refractivity contribution is 9.10. The Morgan fingerprint density at radius 1 is 1.00 bits per heavy atom. The summed E-state index contributed by atoms with van der Waals surface area (Å²) >= 11 is 3.34. The van der Waals surface area contributed by atoms with Crippen LogP contribution in [0.2, 0.25) is 0 Å².